The number of rotatable bonds is 15. The quantitative estimate of drug-likeness (QED) is 0.166. The number of hydrogen-bond acceptors (Lipinski definition) is 11. The molecule has 2 aromatic rings. The molecule has 0 spiro atoms. The van der Waals surface area contributed by atoms with Gasteiger partial charge in [0.05, 0.1) is 25.7 Å². The Labute approximate surface area is 269 Å². The van der Waals surface area contributed by atoms with E-state index in [0.717, 1.165) is 23.1 Å². The average Bonchev–Trinajstić information content (AvgIpc) is 3.03. The summed E-state index contributed by atoms with van der Waals surface area (Å²) < 4.78 is 15.1. The fraction of sp³-hybridized carbons (Fsp3) is 0.471. The molecular formula is C34H44O12. The highest BCUT2D eigenvalue weighted by atomic mass is 16.6. The summed E-state index contributed by atoms with van der Waals surface area (Å²) in [5.74, 6) is -3.32. The highest BCUT2D eigenvalue weighted by Crippen LogP contribution is 2.19. The molecular weight excluding hydrogens is 600 g/mol. The number of carbonyl (C=O) groups is 4. The maximum Gasteiger partial charge on any atom is 0.373 e. The van der Waals surface area contributed by atoms with Gasteiger partial charge in [-0.05, 0) is 75.1 Å². The Morgan fingerprint density at radius 1 is 0.652 bits per heavy atom. The first-order chi connectivity index (χ1) is 22.0. The van der Waals surface area contributed by atoms with E-state index in [4.69, 9.17) is 38.5 Å². The number of ether oxygens (including phenoxy) is 3. The van der Waals surface area contributed by atoms with Crippen LogP contribution in [-0.4, -0.2) is 61.1 Å². The van der Waals surface area contributed by atoms with E-state index in [9.17, 15) is 19.2 Å². The lowest BCUT2D eigenvalue weighted by atomic mass is 9.93. The maximum absolute atomic E-state index is 12.1. The van der Waals surface area contributed by atoms with Crippen molar-refractivity contribution in [1.29, 1.82) is 0 Å². The van der Waals surface area contributed by atoms with Gasteiger partial charge < -0.3 is 19.3 Å². The summed E-state index contributed by atoms with van der Waals surface area (Å²) in [5, 5.41) is 8.50. The summed E-state index contributed by atoms with van der Waals surface area (Å²) in [6.45, 7) is 9.98. The Bertz CT molecular complexity index is 1230. The summed E-state index contributed by atoms with van der Waals surface area (Å²) in [7, 11) is 0. The molecule has 0 radical (unpaired) electrons. The Hall–Kier alpha value is -4.92. The maximum atomic E-state index is 12.1. The van der Waals surface area contributed by atoms with Crippen LogP contribution < -0.4 is 0 Å². The molecule has 1 unspecified atom stereocenters. The van der Waals surface area contributed by atoms with E-state index >= 15 is 0 Å². The Kier molecular flexibility index (Phi) is 25.9. The molecule has 0 bridgehead atoms. The number of carboxylic acid groups (broad SMARTS) is 1. The summed E-state index contributed by atoms with van der Waals surface area (Å²) in [6, 6.07) is 15.6. The van der Waals surface area contributed by atoms with Crippen LogP contribution in [0.1, 0.15) is 69.7 Å². The zero-order chi connectivity index (χ0) is 35.3. The molecule has 0 aliphatic heterocycles. The van der Waals surface area contributed by atoms with Gasteiger partial charge in [-0.15, -0.1) is 0 Å². The van der Waals surface area contributed by atoms with Crippen molar-refractivity contribution in [3.05, 3.63) is 70.8 Å². The third-order valence-corrected chi connectivity index (χ3v) is 6.20. The first kappa shape index (κ1) is 43.2. The molecule has 12 nitrogen and oxygen atoms in total. The van der Waals surface area contributed by atoms with Gasteiger partial charge in [-0.2, -0.15) is 19.2 Å². The number of aliphatic carboxylic acids is 1. The number of benzene rings is 2. The number of aryl methyl sites for hydroxylation is 2. The predicted molar refractivity (Wildman–Crippen MR) is 163 cm³/mol. The molecule has 0 saturated carbocycles. The lowest BCUT2D eigenvalue weighted by molar-refractivity contribution is -0.193. The summed E-state index contributed by atoms with van der Waals surface area (Å²) in [6.07, 6.45) is 3.77. The van der Waals surface area contributed by atoms with Crippen molar-refractivity contribution in [3.63, 3.8) is 0 Å². The van der Waals surface area contributed by atoms with Crippen molar-refractivity contribution in [2.45, 2.75) is 73.1 Å². The fourth-order valence-corrected chi connectivity index (χ4v) is 4.06. The summed E-state index contributed by atoms with van der Waals surface area (Å²) >= 11 is 0. The average molecular weight is 645 g/mol. The zero-order valence-electron chi connectivity index (χ0n) is 27.1. The molecule has 0 saturated heterocycles. The molecule has 0 aliphatic carbocycles. The molecule has 1 N–H and O–H groups in total. The van der Waals surface area contributed by atoms with Crippen LogP contribution in [0.4, 0.5) is 0 Å². The first-order valence-electron chi connectivity index (χ1n) is 14.9. The SMILES string of the molecule is CCOC(=O)C(CC)Cc1cccc(CC(C(=O)OCC)C(=O)OCC)c1.CCc1cccc(CCC(=O)O)c1.O=C=O.O=C=O. The number of carbonyl (C=O) groups excluding carboxylic acids is 7. The van der Waals surface area contributed by atoms with E-state index in [1.807, 2.05) is 43.3 Å². The van der Waals surface area contributed by atoms with Crippen LogP contribution in [0.25, 0.3) is 0 Å². The molecule has 12 heteroatoms. The van der Waals surface area contributed by atoms with E-state index in [1.165, 1.54) is 5.56 Å². The van der Waals surface area contributed by atoms with Crippen molar-refractivity contribution in [1.82, 2.24) is 0 Å². The highest BCUT2D eigenvalue weighted by Gasteiger charge is 2.30. The van der Waals surface area contributed by atoms with Gasteiger partial charge in [-0.1, -0.05) is 62.4 Å². The van der Waals surface area contributed by atoms with Crippen LogP contribution in [0, 0.1) is 11.8 Å². The molecule has 2 rings (SSSR count). The van der Waals surface area contributed by atoms with E-state index in [0.29, 0.717) is 25.9 Å². The van der Waals surface area contributed by atoms with Gasteiger partial charge in [0.25, 0.3) is 0 Å². The monoisotopic (exact) mass is 644 g/mol. The van der Waals surface area contributed by atoms with Crippen LogP contribution in [0.3, 0.4) is 0 Å². The minimum Gasteiger partial charge on any atom is -0.481 e. The van der Waals surface area contributed by atoms with Crippen LogP contribution >= 0.6 is 0 Å². The molecule has 1 atom stereocenters. The van der Waals surface area contributed by atoms with Crippen molar-refractivity contribution < 1.29 is 57.7 Å². The Morgan fingerprint density at radius 2 is 1.07 bits per heavy atom. The Morgan fingerprint density at radius 3 is 1.50 bits per heavy atom. The van der Waals surface area contributed by atoms with Crippen LogP contribution in [0.5, 0.6) is 0 Å². The molecule has 0 fully saturated rings. The normalized spacial score (nSPS) is 10.0. The van der Waals surface area contributed by atoms with Gasteiger partial charge in [0, 0.05) is 6.42 Å². The molecule has 0 aromatic heterocycles. The van der Waals surface area contributed by atoms with E-state index in [-0.39, 0.29) is 50.2 Å². The molecule has 46 heavy (non-hydrogen) atoms. The van der Waals surface area contributed by atoms with Crippen LogP contribution in [0.2, 0.25) is 0 Å². The molecule has 0 amide bonds. The second kappa shape index (κ2) is 27.6. The minimum absolute atomic E-state index is 0.196. The molecule has 0 heterocycles. The van der Waals surface area contributed by atoms with Crippen LogP contribution in [0.15, 0.2) is 48.5 Å². The van der Waals surface area contributed by atoms with Gasteiger partial charge in [-0.25, -0.2) is 0 Å². The van der Waals surface area contributed by atoms with E-state index < -0.39 is 23.8 Å². The topological polar surface area (TPSA) is 184 Å². The second-order valence-corrected chi connectivity index (χ2v) is 9.38. The predicted octanol–water partition coefficient (Wildman–Crippen LogP) is 4.20. The minimum atomic E-state index is -0.993. The highest BCUT2D eigenvalue weighted by molar-refractivity contribution is 5.95. The van der Waals surface area contributed by atoms with Crippen LogP contribution in [-0.2, 0) is 78.3 Å². The number of esters is 3. The van der Waals surface area contributed by atoms with Gasteiger partial charge in [-0.3, -0.25) is 19.2 Å². The van der Waals surface area contributed by atoms with Crippen molar-refractivity contribution in [3.8, 4) is 0 Å². The fourth-order valence-electron chi connectivity index (χ4n) is 4.06. The van der Waals surface area contributed by atoms with Crippen molar-refractivity contribution >= 4 is 36.2 Å². The van der Waals surface area contributed by atoms with E-state index in [1.54, 1.807) is 20.8 Å². The van der Waals surface area contributed by atoms with Crippen molar-refractivity contribution in [2.24, 2.45) is 11.8 Å². The van der Waals surface area contributed by atoms with Gasteiger partial charge >= 0.3 is 36.2 Å². The molecule has 2 aromatic carbocycles. The largest absolute Gasteiger partial charge is 0.481 e. The van der Waals surface area contributed by atoms with Gasteiger partial charge in [0.1, 0.15) is 0 Å². The number of carboxylic acids is 1. The summed E-state index contributed by atoms with van der Waals surface area (Å²) in [5.41, 5.74) is 4.15. The lowest BCUT2D eigenvalue weighted by Gasteiger charge is -2.16. The van der Waals surface area contributed by atoms with Gasteiger partial charge in [0.2, 0.25) is 0 Å². The Balaban J connectivity index is 0. The molecule has 0 aliphatic rings. The van der Waals surface area contributed by atoms with Crippen molar-refractivity contribution in [2.75, 3.05) is 19.8 Å². The second-order valence-electron chi connectivity index (χ2n) is 9.38. The summed E-state index contributed by atoms with van der Waals surface area (Å²) in [4.78, 5) is 79.1. The zero-order valence-corrected chi connectivity index (χ0v) is 27.1. The smallest absolute Gasteiger partial charge is 0.373 e. The first-order valence-corrected chi connectivity index (χ1v) is 14.9. The third-order valence-electron chi connectivity index (χ3n) is 6.20. The lowest BCUT2D eigenvalue weighted by Crippen LogP contribution is -2.30. The van der Waals surface area contributed by atoms with E-state index in [2.05, 4.69) is 19.1 Å². The standard InChI is InChI=1S/C21H30O6.C11H14O2.2CO2/c1-5-17(19(22)25-6-2)13-15-10-9-11-16(12-15)14-18(20(23)26-7-3)21(24)27-8-4;1-2-9-4-3-5-10(8-9)6-7-11(12)13;2*2-1-3/h9-12,17-18H,5-8,13-14H2,1-4H3;3-5,8H,2,6-7H2,1H3,(H,12,13);;. The third kappa shape index (κ3) is 20.1. The van der Waals surface area contributed by atoms with Gasteiger partial charge in [0.15, 0.2) is 5.92 Å². The molecule has 252 valence electrons. The number of hydrogen-bond donors (Lipinski definition) is 1.